The molecule has 0 aliphatic heterocycles. The Labute approximate surface area is 125 Å². The highest BCUT2D eigenvalue weighted by Gasteiger charge is 2.28. The first-order valence-corrected chi connectivity index (χ1v) is 9.77. The molecule has 2 N–H and O–H groups in total. The van der Waals surface area contributed by atoms with Gasteiger partial charge in [-0.25, -0.2) is 13.1 Å². The van der Waals surface area contributed by atoms with Crippen LogP contribution in [0, 0.1) is 5.92 Å². The van der Waals surface area contributed by atoms with Gasteiger partial charge in [-0.2, -0.15) is 0 Å². The molecule has 20 heavy (non-hydrogen) atoms. The van der Waals surface area contributed by atoms with Crippen molar-refractivity contribution in [2.75, 3.05) is 13.1 Å². The lowest BCUT2D eigenvalue weighted by Crippen LogP contribution is -2.46. The zero-order chi connectivity index (χ0) is 15.0. The Bertz CT molecular complexity index is 351. The topological polar surface area (TPSA) is 58.2 Å². The van der Waals surface area contributed by atoms with Crippen molar-refractivity contribution in [2.24, 2.45) is 5.92 Å². The molecule has 1 rings (SSSR count). The minimum absolute atomic E-state index is 0.119. The monoisotopic (exact) mass is 304 g/mol. The maximum Gasteiger partial charge on any atom is 0.215 e. The largest absolute Gasteiger partial charge is 0.315 e. The predicted octanol–water partition coefficient (Wildman–Crippen LogP) is 2.65. The van der Waals surface area contributed by atoms with Gasteiger partial charge in [0, 0.05) is 12.6 Å². The molecule has 0 spiro atoms. The fourth-order valence-corrected chi connectivity index (χ4v) is 4.32. The van der Waals surface area contributed by atoms with Crippen molar-refractivity contribution in [3.05, 3.63) is 0 Å². The second-order valence-electron chi connectivity index (χ2n) is 6.09. The van der Waals surface area contributed by atoms with E-state index in [1.807, 2.05) is 0 Å². The van der Waals surface area contributed by atoms with E-state index in [9.17, 15) is 8.42 Å². The van der Waals surface area contributed by atoms with E-state index in [-0.39, 0.29) is 11.3 Å². The third kappa shape index (κ3) is 5.70. The normalized spacial score (nSPS) is 20.8. The molecule has 0 bridgehead atoms. The predicted molar refractivity (Wildman–Crippen MR) is 85.3 cm³/mol. The summed E-state index contributed by atoms with van der Waals surface area (Å²) in [6, 6.07) is 0.119. The van der Waals surface area contributed by atoms with Crippen LogP contribution >= 0.6 is 0 Å². The van der Waals surface area contributed by atoms with Crippen LogP contribution < -0.4 is 10.0 Å². The van der Waals surface area contributed by atoms with E-state index >= 15 is 0 Å². The molecule has 2 unspecified atom stereocenters. The lowest BCUT2D eigenvalue weighted by atomic mass is 9.83. The Balaban J connectivity index is 2.52. The molecule has 1 aliphatic carbocycles. The van der Waals surface area contributed by atoms with E-state index in [1.165, 1.54) is 32.1 Å². The summed E-state index contributed by atoms with van der Waals surface area (Å²) in [7, 11) is -3.21. The molecule has 0 amide bonds. The maximum atomic E-state index is 12.4. The molecule has 5 heteroatoms. The van der Waals surface area contributed by atoms with Gasteiger partial charge in [-0.1, -0.05) is 33.1 Å². The van der Waals surface area contributed by atoms with Crippen LogP contribution in [0.3, 0.4) is 0 Å². The van der Waals surface area contributed by atoms with E-state index in [0.717, 1.165) is 19.4 Å². The third-order valence-electron chi connectivity index (χ3n) is 4.36. The van der Waals surface area contributed by atoms with Crippen LogP contribution in [-0.2, 0) is 10.0 Å². The average molecular weight is 305 g/mol. The standard InChI is InChI=1S/C15H32N2O2S/c1-4-11-16-12-13(3)20(18,19)17-15(5-2)14-9-7-6-8-10-14/h13-17H,4-12H2,1-3H3. The number of rotatable bonds is 9. The van der Waals surface area contributed by atoms with Gasteiger partial charge in [0.1, 0.15) is 0 Å². The first-order valence-electron chi connectivity index (χ1n) is 8.23. The lowest BCUT2D eigenvalue weighted by molar-refractivity contribution is 0.285. The molecule has 0 aromatic rings. The van der Waals surface area contributed by atoms with Crippen LogP contribution in [0.1, 0.15) is 65.7 Å². The molecule has 1 saturated carbocycles. The van der Waals surface area contributed by atoms with Crippen molar-refractivity contribution in [3.63, 3.8) is 0 Å². The van der Waals surface area contributed by atoms with E-state index in [1.54, 1.807) is 6.92 Å². The number of nitrogens with one attached hydrogen (secondary N) is 2. The molecule has 2 atom stereocenters. The van der Waals surface area contributed by atoms with Crippen LogP contribution in [0.4, 0.5) is 0 Å². The summed E-state index contributed by atoms with van der Waals surface area (Å²) in [6.07, 6.45) is 8.05. The molecule has 0 aromatic carbocycles. The fraction of sp³-hybridized carbons (Fsp3) is 1.00. The number of hydrogen-bond acceptors (Lipinski definition) is 3. The van der Waals surface area contributed by atoms with E-state index in [2.05, 4.69) is 23.9 Å². The molecule has 0 heterocycles. The van der Waals surface area contributed by atoms with Gasteiger partial charge in [-0.15, -0.1) is 0 Å². The summed E-state index contributed by atoms with van der Waals surface area (Å²) in [6.45, 7) is 7.37. The van der Waals surface area contributed by atoms with Crippen LogP contribution in [0.15, 0.2) is 0 Å². The number of sulfonamides is 1. The van der Waals surface area contributed by atoms with Crippen molar-refractivity contribution in [1.82, 2.24) is 10.0 Å². The first-order chi connectivity index (χ1) is 9.51. The molecule has 0 radical (unpaired) electrons. The van der Waals surface area contributed by atoms with Crippen molar-refractivity contribution in [2.45, 2.75) is 77.0 Å². The van der Waals surface area contributed by atoms with Crippen molar-refractivity contribution >= 4 is 10.0 Å². The highest BCUT2D eigenvalue weighted by Crippen LogP contribution is 2.28. The van der Waals surface area contributed by atoms with E-state index < -0.39 is 10.0 Å². The summed E-state index contributed by atoms with van der Waals surface area (Å²) in [5.41, 5.74) is 0. The number of hydrogen-bond donors (Lipinski definition) is 2. The van der Waals surface area contributed by atoms with Crippen molar-refractivity contribution in [1.29, 1.82) is 0 Å². The maximum absolute atomic E-state index is 12.4. The molecule has 0 aromatic heterocycles. The highest BCUT2D eigenvalue weighted by atomic mass is 32.2. The smallest absolute Gasteiger partial charge is 0.215 e. The molecular formula is C15H32N2O2S. The van der Waals surface area contributed by atoms with Crippen LogP contribution in [0.5, 0.6) is 0 Å². The van der Waals surface area contributed by atoms with Gasteiger partial charge in [-0.3, -0.25) is 0 Å². The third-order valence-corrected chi connectivity index (χ3v) is 6.22. The Kier molecular flexibility index (Phi) is 8.07. The van der Waals surface area contributed by atoms with Crippen LogP contribution in [0.2, 0.25) is 0 Å². The molecule has 4 nitrogen and oxygen atoms in total. The van der Waals surface area contributed by atoms with Crippen molar-refractivity contribution < 1.29 is 8.42 Å². The molecule has 0 saturated heterocycles. The van der Waals surface area contributed by atoms with Gasteiger partial charge < -0.3 is 5.32 Å². The minimum atomic E-state index is -3.21. The summed E-state index contributed by atoms with van der Waals surface area (Å²) < 4.78 is 27.7. The summed E-state index contributed by atoms with van der Waals surface area (Å²) in [4.78, 5) is 0. The second kappa shape index (κ2) is 9.00. The summed E-state index contributed by atoms with van der Waals surface area (Å²) in [5.74, 6) is 0.527. The van der Waals surface area contributed by atoms with Gasteiger partial charge in [0.25, 0.3) is 0 Å². The second-order valence-corrected chi connectivity index (χ2v) is 8.22. The van der Waals surface area contributed by atoms with Crippen molar-refractivity contribution in [3.8, 4) is 0 Å². The summed E-state index contributed by atoms with van der Waals surface area (Å²) in [5, 5.41) is 2.82. The summed E-state index contributed by atoms with van der Waals surface area (Å²) >= 11 is 0. The Morgan fingerprint density at radius 2 is 1.80 bits per heavy atom. The molecule has 1 fully saturated rings. The zero-order valence-corrected chi connectivity index (χ0v) is 14.1. The highest BCUT2D eigenvalue weighted by molar-refractivity contribution is 7.90. The molecule has 1 aliphatic rings. The minimum Gasteiger partial charge on any atom is -0.315 e. The Hall–Kier alpha value is -0.130. The van der Waals surface area contributed by atoms with E-state index in [0.29, 0.717) is 12.5 Å². The zero-order valence-electron chi connectivity index (χ0n) is 13.3. The van der Waals surface area contributed by atoms with Gasteiger partial charge in [0.05, 0.1) is 5.25 Å². The fourth-order valence-electron chi connectivity index (χ4n) is 2.97. The quantitative estimate of drug-likeness (QED) is 0.644. The average Bonchev–Trinajstić information content (AvgIpc) is 2.45. The Morgan fingerprint density at radius 1 is 1.15 bits per heavy atom. The van der Waals surface area contributed by atoms with Gasteiger partial charge in [0.2, 0.25) is 10.0 Å². The Morgan fingerprint density at radius 3 is 2.35 bits per heavy atom. The van der Waals surface area contributed by atoms with Gasteiger partial charge in [-0.05, 0) is 45.1 Å². The molecular weight excluding hydrogens is 272 g/mol. The van der Waals surface area contributed by atoms with Gasteiger partial charge >= 0.3 is 0 Å². The SMILES string of the molecule is CCCNCC(C)S(=O)(=O)NC(CC)C1CCCCC1. The first kappa shape index (κ1) is 17.9. The van der Waals surface area contributed by atoms with Crippen LogP contribution in [-0.4, -0.2) is 32.8 Å². The van der Waals surface area contributed by atoms with E-state index in [4.69, 9.17) is 0 Å². The van der Waals surface area contributed by atoms with Crippen LogP contribution in [0.25, 0.3) is 0 Å². The lowest BCUT2D eigenvalue weighted by Gasteiger charge is -2.31. The molecule has 120 valence electrons. The van der Waals surface area contributed by atoms with Gasteiger partial charge in [0.15, 0.2) is 0 Å².